The lowest BCUT2D eigenvalue weighted by Gasteiger charge is -2.43. The van der Waals surface area contributed by atoms with Gasteiger partial charge in [0.1, 0.15) is 5.82 Å². The zero-order valence-electron chi connectivity index (χ0n) is 14.6. The van der Waals surface area contributed by atoms with Crippen LogP contribution in [0.25, 0.3) is 0 Å². The smallest absolute Gasteiger partial charge is 0.223 e. The Morgan fingerprint density at radius 1 is 1.29 bits per heavy atom. The van der Waals surface area contributed by atoms with E-state index in [0.717, 1.165) is 50.3 Å². The van der Waals surface area contributed by atoms with Crippen LogP contribution < -0.4 is 11.1 Å². The summed E-state index contributed by atoms with van der Waals surface area (Å²) < 4.78 is 1.98. The molecule has 1 aromatic rings. The first kappa shape index (κ1) is 16.1. The highest BCUT2D eigenvalue weighted by Gasteiger charge is 2.41. The number of amides is 1. The van der Waals surface area contributed by atoms with Crippen molar-refractivity contribution in [2.45, 2.75) is 76.9 Å². The molecule has 3 atom stereocenters. The topological polar surface area (TPSA) is 85.8 Å². The molecule has 0 spiro atoms. The maximum atomic E-state index is 12.8. The predicted molar refractivity (Wildman–Crippen MR) is 91.2 cm³/mol. The molecule has 3 N–H and O–H groups in total. The molecule has 0 radical (unpaired) electrons. The first-order valence-corrected chi connectivity index (χ1v) is 9.62. The predicted octanol–water partition coefficient (Wildman–Crippen LogP) is 1.43. The van der Waals surface area contributed by atoms with Crippen LogP contribution in [0.5, 0.6) is 0 Å². The van der Waals surface area contributed by atoms with Gasteiger partial charge in [-0.3, -0.25) is 4.79 Å². The minimum Gasteiger partial charge on any atom is -0.351 e. The normalized spacial score (nSPS) is 35.3. The number of nitrogens with two attached hydrogens (primary N) is 1. The van der Waals surface area contributed by atoms with Crippen LogP contribution in [-0.4, -0.2) is 32.8 Å². The van der Waals surface area contributed by atoms with Gasteiger partial charge in [0.2, 0.25) is 5.91 Å². The standard InChI is InChI=1S/C18H29N5O/c1-2-15-21-16-7-6-14(10-23(16)22-15)20-18(24)13-8-11-4-3-5-12(9-13)17(11)19/h11-14,17H,2-10,19H2,1H3,(H,20,24). The lowest BCUT2D eigenvalue weighted by molar-refractivity contribution is -0.128. The Hall–Kier alpha value is -1.43. The van der Waals surface area contributed by atoms with Crippen LogP contribution in [0.15, 0.2) is 0 Å². The molecule has 2 saturated carbocycles. The van der Waals surface area contributed by atoms with Gasteiger partial charge in [0.15, 0.2) is 5.82 Å². The monoisotopic (exact) mass is 331 g/mol. The van der Waals surface area contributed by atoms with Gasteiger partial charge in [-0.15, -0.1) is 0 Å². The molecule has 24 heavy (non-hydrogen) atoms. The van der Waals surface area contributed by atoms with Crippen molar-refractivity contribution in [2.24, 2.45) is 23.5 Å². The van der Waals surface area contributed by atoms with Gasteiger partial charge >= 0.3 is 0 Å². The molecule has 2 aliphatic carbocycles. The quantitative estimate of drug-likeness (QED) is 0.877. The van der Waals surface area contributed by atoms with Gasteiger partial charge in [0.05, 0.1) is 6.54 Å². The van der Waals surface area contributed by atoms with E-state index in [1.54, 1.807) is 0 Å². The highest BCUT2D eigenvalue weighted by Crippen LogP contribution is 2.41. The summed E-state index contributed by atoms with van der Waals surface area (Å²) in [6.45, 7) is 2.83. The van der Waals surface area contributed by atoms with Crippen molar-refractivity contribution < 1.29 is 4.79 Å². The zero-order chi connectivity index (χ0) is 16.7. The molecule has 1 amide bonds. The van der Waals surface area contributed by atoms with E-state index in [0.29, 0.717) is 17.9 Å². The summed E-state index contributed by atoms with van der Waals surface area (Å²) in [7, 11) is 0. The van der Waals surface area contributed by atoms with E-state index >= 15 is 0 Å². The molecule has 4 rings (SSSR count). The van der Waals surface area contributed by atoms with E-state index in [-0.39, 0.29) is 17.9 Å². The summed E-state index contributed by atoms with van der Waals surface area (Å²) >= 11 is 0. The van der Waals surface area contributed by atoms with Gasteiger partial charge in [0, 0.05) is 30.8 Å². The van der Waals surface area contributed by atoms with Crippen molar-refractivity contribution in [1.82, 2.24) is 20.1 Å². The fourth-order valence-electron chi connectivity index (χ4n) is 4.95. The van der Waals surface area contributed by atoms with Crippen LogP contribution in [0.1, 0.15) is 57.1 Å². The summed E-state index contributed by atoms with van der Waals surface area (Å²) in [5.74, 6) is 3.47. The van der Waals surface area contributed by atoms with E-state index in [9.17, 15) is 4.79 Å². The van der Waals surface area contributed by atoms with Crippen LogP contribution in [0.3, 0.4) is 0 Å². The third-order valence-electron chi connectivity index (χ3n) is 6.35. The maximum absolute atomic E-state index is 12.8. The Morgan fingerprint density at radius 2 is 2.04 bits per heavy atom. The van der Waals surface area contributed by atoms with Crippen molar-refractivity contribution in [3.63, 3.8) is 0 Å². The Labute approximate surface area is 143 Å². The van der Waals surface area contributed by atoms with Crippen molar-refractivity contribution in [1.29, 1.82) is 0 Å². The SMILES string of the molecule is CCc1nc2n(n1)CC(NC(=O)C1CC3CCCC(C1)C3N)CC2. The minimum atomic E-state index is 0.156. The van der Waals surface area contributed by atoms with Gasteiger partial charge in [-0.05, 0) is 43.9 Å². The number of carbonyl (C=O) groups is 1. The molecule has 6 nitrogen and oxygen atoms in total. The van der Waals surface area contributed by atoms with Crippen LogP contribution in [0.2, 0.25) is 0 Å². The number of aromatic nitrogens is 3. The van der Waals surface area contributed by atoms with Gasteiger partial charge in [-0.2, -0.15) is 5.10 Å². The average Bonchev–Trinajstić information content (AvgIpc) is 2.97. The largest absolute Gasteiger partial charge is 0.351 e. The lowest BCUT2D eigenvalue weighted by atomic mass is 9.65. The van der Waals surface area contributed by atoms with E-state index in [4.69, 9.17) is 5.73 Å². The molecule has 0 aromatic carbocycles. The fourth-order valence-corrected chi connectivity index (χ4v) is 4.95. The second-order valence-electron chi connectivity index (χ2n) is 7.92. The molecule has 2 heterocycles. The lowest BCUT2D eigenvalue weighted by Crippen LogP contribution is -2.51. The maximum Gasteiger partial charge on any atom is 0.223 e. The molecule has 1 aliphatic heterocycles. The van der Waals surface area contributed by atoms with Crippen molar-refractivity contribution in [3.8, 4) is 0 Å². The number of fused-ring (bicyclic) bond motifs is 3. The molecule has 0 saturated heterocycles. The van der Waals surface area contributed by atoms with Crippen LogP contribution >= 0.6 is 0 Å². The minimum absolute atomic E-state index is 0.156. The third-order valence-corrected chi connectivity index (χ3v) is 6.35. The number of aryl methyl sites for hydroxylation is 2. The molecule has 132 valence electrons. The van der Waals surface area contributed by atoms with Gasteiger partial charge in [0.25, 0.3) is 0 Å². The van der Waals surface area contributed by atoms with Crippen molar-refractivity contribution in [2.75, 3.05) is 0 Å². The molecule has 1 aromatic heterocycles. The number of nitrogens with one attached hydrogen (secondary N) is 1. The highest BCUT2D eigenvalue weighted by atomic mass is 16.2. The number of carbonyl (C=O) groups excluding carboxylic acids is 1. The molecule has 6 heteroatoms. The molecule has 2 bridgehead atoms. The van der Waals surface area contributed by atoms with E-state index < -0.39 is 0 Å². The molecule has 3 unspecified atom stereocenters. The number of nitrogens with zero attached hydrogens (tertiary/aromatic N) is 3. The van der Waals surface area contributed by atoms with Crippen LogP contribution in [0, 0.1) is 17.8 Å². The summed E-state index contributed by atoms with van der Waals surface area (Å²) in [5, 5.41) is 7.83. The van der Waals surface area contributed by atoms with E-state index in [2.05, 4.69) is 22.3 Å². The first-order valence-electron chi connectivity index (χ1n) is 9.62. The Morgan fingerprint density at radius 3 is 2.75 bits per heavy atom. The van der Waals surface area contributed by atoms with Crippen molar-refractivity contribution in [3.05, 3.63) is 11.6 Å². The highest BCUT2D eigenvalue weighted by molar-refractivity contribution is 5.79. The average molecular weight is 331 g/mol. The Bertz CT molecular complexity index is 599. The van der Waals surface area contributed by atoms with Crippen LogP contribution in [-0.2, 0) is 24.2 Å². The number of hydrogen-bond acceptors (Lipinski definition) is 4. The second-order valence-corrected chi connectivity index (χ2v) is 7.92. The zero-order valence-corrected chi connectivity index (χ0v) is 14.6. The summed E-state index contributed by atoms with van der Waals surface area (Å²) in [4.78, 5) is 17.3. The molecular weight excluding hydrogens is 302 g/mol. The Balaban J connectivity index is 1.36. The van der Waals surface area contributed by atoms with Gasteiger partial charge < -0.3 is 11.1 Å². The molecule has 3 aliphatic rings. The number of hydrogen-bond donors (Lipinski definition) is 2. The fraction of sp³-hybridized carbons (Fsp3) is 0.833. The van der Waals surface area contributed by atoms with E-state index in [1.807, 2.05) is 4.68 Å². The Kier molecular flexibility index (Phi) is 4.33. The van der Waals surface area contributed by atoms with E-state index in [1.165, 1.54) is 19.3 Å². The van der Waals surface area contributed by atoms with Crippen LogP contribution in [0.4, 0.5) is 0 Å². The second kappa shape index (κ2) is 6.47. The van der Waals surface area contributed by atoms with Crippen molar-refractivity contribution >= 4 is 5.91 Å². The number of rotatable bonds is 3. The first-order chi connectivity index (χ1) is 11.6. The summed E-state index contributed by atoms with van der Waals surface area (Å²) in [6, 6.07) is 0.509. The van der Waals surface area contributed by atoms with Gasteiger partial charge in [-0.25, -0.2) is 9.67 Å². The molecule has 2 fully saturated rings. The molecular formula is C18H29N5O. The summed E-state index contributed by atoms with van der Waals surface area (Å²) in [6.07, 6.45) is 8.37. The van der Waals surface area contributed by atoms with Gasteiger partial charge in [-0.1, -0.05) is 13.3 Å². The summed E-state index contributed by atoms with van der Waals surface area (Å²) in [5.41, 5.74) is 6.35. The third kappa shape index (κ3) is 2.96.